The van der Waals surface area contributed by atoms with E-state index in [9.17, 15) is 19.2 Å². The van der Waals surface area contributed by atoms with Crippen LogP contribution in [-0.4, -0.2) is 47.8 Å². The van der Waals surface area contributed by atoms with E-state index >= 15 is 0 Å². The predicted octanol–water partition coefficient (Wildman–Crippen LogP) is 1.60. The van der Waals surface area contributed by atoms with Crippen LogP contribution in [0.4, 0.5) is 15.3 Å². The van der Waals surface area contributed by atoms with Gasteiger partial charge in [-0.05, 0) is 38.5 Å². The molecule has 0 aromatic heterocycles. The zero-order chi connectivity index (χ0) is 22.7. The number of benzene rings is 1. The van der Waals surface area contributed by atoms with E-state index in [0.29, 0.717) is 11.3 Å². The van der Waals surface area contributed by atoms with Gasteiger partial charge in [0.05, 0.1) is 19.0 Å². The summed E-state index contributed by atoms with van der Waals surface area (Å²) in [5.74, 6) is 0.679. The highest BCUT2D eigenvalue weighted by Crippen LogP contribution is 2.20. The number of hydrogen-bond donors (Lipinski definition) is 5. The van der Waals surface area contributed by atoms with E-state index in [0.717, 1.165) is 0 Å². The highest BCUT2D eigenvalue weighted by atomic mass is 16.6. The molecule has 0 saturated heterocycles. The Morgan fingerprint density at radius 3 is 2.30 bits per heavy atom. The van der Waals surface area contributed by atoms with E-state index in [1.807, 2.05) is 0 Å². The largest absolute Gasteiger partial charge is 0.480 e. The molecule has 0 aliphatic rings. The number of nitrogens with one attached hydrogen (secondary N) is 4. The average Bonchev–Trinajstić information content (AvgIpc) is 2.63. The van der Waals surface area contributed by atoms with Crippen LogP contribution in [0.3, 0.4) is 0 Å². The van der Waals surface area contributed by atoms with E-state index < -0.39 is 42.2 Å². The minimum absolute atomic E-state index is 0.0372. The van der Waals surface area contributed by atoms with Gasteiger partial charge in [-0.2, -0.15) is 0 Å². The fourth-order valence-corrected chi connectivity index (χ4v) is 2.24. The molecule has 0 saturated carbocycles. The van der Waals surface area contributed by atoms with Crippen LogP contribution in [0.1, 0.15) is 38.8 Å². The highest BCUT2D eigenvalue weighted by molar-refractivity contribution is 5.85. The lowest BCUT2D eigenvalue weighted by Crippen LogP contribution is -2.41. The number of carboxylic acid groups (broad SMARTS) is 1. The number of rotatable bonds is 8. The zero-order valence-electron chi connectivity index (χ0n) is 17.1. The molecular weight excluding hydrogens is 392 g/mol. The lowest BCUT2D eigenvalue weighted by atomic mass is 10.0. The van der Waals surface area contributed by atoms with Gasteiger partial charge < -0.3 is 25.8 Å². The molecule has 5 N–H and O–H groups in total. The maximum atomic E-state index is 12.0. The fourth-order valence-electron chi connectivity index (χ4n) is 2.24. The van der Waals surface area contributed by atoms with Crippen molar-refractivity contribution < 1.29 is 29.0 Å². The molecule has 0 aliphatic heterocycles. The first-order valence-electron chi connectivity index (χ1n) is 9.06. The van der Waals surface area contributed by atoms with E-state index in [1.165, 1.54) is 0 Å². The molecule has 1 atom stereocenters. The van der Waals surface area contributed by atoms with Gasteiger partial charge in [-0.1, -0.05) is 18.1 Å². The predicted molar refractivity (Wildman–Crippen MR) is 110 cm³/mol. The lowest BCUT2D eigenvalue weighted by Gasteiger charge is -2.21. The van der Waals surface area contributed by atoms with Gasteiger partial charge in [0.15, 0.2) is 0 Å². The van der Waals surface area contributed by atoms with Crippen molar-refractivity contribution >= 4 is 29.7 Å². The van der Waals surface area contributed by atoms with E-state index in [4.69, 9.17) is 16.3 Å². The molecule has 10 heteroatoms. The molecule has 0 bridgehead atoms. The van der Waals surface area contributed by atoms with E-state index in [1.54, 1.807) is 45.0 Å². The number of terminal acetylenes is 1. The van der Waals surface area contributed by atoms with E-state index in [-0.39, 0.29) is 13.0 Å². The van der Waals surface area contributed by atoms with Crippen molar-refractivity contribution in [3.8, 4) is 12.3 Å². The molecule has 0 fully saturated rings. The van der Waals surface area contributed by atoms with Crippen LogP contribution in [0.25, 0.3) is 0 Å². The number of carbonyl (C=O) groups is 4. The minimum Gasteiger partial charge on any atom is -0.480 e. The zero-order valence-corrected chi connectivity index (χ0v) is 17.1. The van der Waals surface area contributed by atoms with Crippen molar-refractivity contribution in [1.82, 2.24) is 16.0 Å². The molecule has 1 rings (SSSR count). The molecule has 30 heavy (non-hydrogen) atoms. The number of hydrogen-bond acceptors (Lipinski definition) is 5. The Morgan fingerprint density at radius 1 is 1.13 bits per heavy atom. The van der Waals surface area contributed by atoms with Gasteiger partial charge in [0.25, 0.3) is 0 Å². The first kappa shape index (κ1) is 24.3. The first-order chi connectivity index (χ1) is 14.0. The molecule has 4 amide bonds. The number of amides is 4. The minimum atomic E-state index is -1.20. The van der Waals surface area contributed by atoms with Gasteiger partial charge in [-0.15, -0.1) is 6.42 Å². The Hall–Kier alpha value is -3.74. The molecule has 0 spiro atoms. The quantitative estimate of drug-likeness (QED) is 0.405. The smallest absolute Gasteiger partial charge is 0.412 e. The number of urea groups is 1. The molecule has 10 nitrogen and oxygen atoms in total. The Morgan fingerprint density at radius 2 is 1.77 bits per heavy atom. The third-order valence-corrected chi connectivity index (χ3v) is 3.44. The third kappa shape index (κ3) is 9.98. The molecule has 162 valence electrons. The number of aliphatic carboxylic acids is 1. The number of carboxylic acids is 1. The Bertz CT molecular complexity index is 808. The Kier molecular flexibility index (Phi) is 9.16. The molecule has 0 heterocycles. The highest BCUT2D eigenvalue weighted by Gasteiger charge is 2.20. The van der Waals surface area contributed by atoms with Crippen molar-refractivity contribution in [3.63, 3.8) is 0 Å². The van der Waals surface area contributed by atoms with Crippen LogP contribution in [0.2, 0.25) is 0 Å². The number of ether oxygens (including phenoxy) is 1. The molecule has 0 aliphatic carbocycles. The van der Waals surface area contributed by atoms with Gasteiger partial charge in [0.2, 0.25) is 5.91 Å². The molecular formula is C20H26N4O6. The molecule has 1 unspecified atom stereocenters. The summed E-state index contributed by atoms with van der Waals surface area (Å²) >= 11 is 0. The van der Waals surface area contributed by atoms with Crippen molar-refractivity contribution in [1.29, 1.82) is 0 Å². The maximum absolute atomic E-state index is 12.0. The second-order valence-electron chi connectivity index (χ2n) is 7.21. The van der Waals surface area contributed by atoms with Crippen LogP contribution in [-0.2, 0) is 14.3 Å². The molecule has 1 aromatic rings. The van der Waals surface area contributed by atoms with Crippen LogP contribution in [0.15, 0.2) is 24.3 Å². The normalized spacial score (nSPS) is 11.4. The van der Waals surface area contributed by atoms with Gasteiger partial charge in [0, 0.05) is 5.69 Å². The van der Waals surface area contributed by atoms with Gasteiger partial charge in [-0.25, -0.2) is 9.59 Å². The topological polar surface area (TPSA) is 146 Å². The fraction of sp³-hybridized carbons (Fsp3) is 0.400. The van der Waals surface area contributed by atoms with Gasteiger partial charge >= 0.3 is 18.1 Å². The van der Waals surface area contributed by atoms with Crippen LogP contribution in [0.5, 0.6) is 0 Å². The Balaban J connectivity index is 2.87. The summed E-state index contributed by atoms with van der Waals surface area (Å²) in [7, 11) is 0. The monoisotopic (exact) mass is 418 g/mol. The summed E-state index contributed by atoms with van der Waals surface area (Å²) in [6.45, 7) is 4.70. The second-order valence-corrected chi connectivity index (χ2v) is 7.21. The van der Waals surface area contributed by atoms with Crippen LogP contribution in [0, 0.1) is 12.3 Å². The molecule has 0 radical (unpaired) electrons. The van der Waals surface area contributed by atoms with Crippen LogP contribution < -0.4 is 21.3 Å². The standard InChI is InChI=1S/C20H26N4O6/c1-5-10-21-16(25)11-15(24-18(28)22-12-17(26)27)13-6-8-14(9-7-13)23-19(29)30-20(2,3)4/h1,6-9,15H,10-12H2,2-4H3,(H,21,25)(H,23,29)(H,26,27)(H2,22,24,28). The number of carbonyl (C=O) groups excluding carboxylic acids is 3. The molecule has 1 aromatic carbocycles. The summed E-state index contributed by atoms with van der Waals surface area (Å²) in [5, 5.41) is 18.5. The first-order valence-corrected chi connectivity index (χ1v) is 9.06. The maximum Gasteiger partial charge on any atom is 0.412 e. The lowest BCUT2D eigenvalue weighted by molar-refractivity contribution is -0.135. The summed E-state index contributed by atoms with van der Waals surface area (Å²) in [4.78, 5) is 46.4. The number of anilines is 1. The van der Waals surface area contributed by atoms with Crippen molar-refractivity contribution in [2.45, 2.75) is 38.8 Å². The van der Waals surface area contributed by atoms with Gasteiger partial charge in [0.1, 0.15) is 12.1 Å². The van der Waals surface area contributed by atoms with Crippen molar-refractivity contribution in [2.75, 3.05) is 18.4 Å². The summed E-state index contributed by atoms with van der Waals surface area (Å²) in [5.41, 5.74) is 0.374. The summed E-state index contributed by atoms with van der Waals surface area (Å²) in [6.07, 6.45) is 4.37. The van der Waals surface area contributed by atoms with E-state index in [2.05, 4.69) is 27.2 Å². The summed E-state index contributed by atoms with van der Waals surface area (Å²) in [6, 6.07) is 4.90. The third-order valence-electron chi connectivity index (χ3n) is 3.44. The van der Waals surface area contributed by atoms with Crippen molar-refractivity contribution in [2.24, 2.45) is 0 Å². The average molecular weight is 418 g/mol. The van der Waals surface area contributed by atoms with Crippen LogP contribution >= 0.6 is 0 Å². The van der Waals surface area contributed by atoms with Crippen molar-refractivity contribution in [3.05, 3.63) is 29.8 Å². The Labute approximate surface area is 174 Å². The van der Waals surface area contributed by atoms with Gasteiger partial charge in [-0.3, -0.25) is 14.9 Å². The summed E-state index contributed by atoms with van der Waals surface area (Å²) < 4.78 is 5.18. The second kappa shape index (κ2) is 11.3. The SMILES string of the molecule is C#CCNC(=O)CC(NC(=O)NCC(=O)O)c1ccc(NC(=O)OC(C)(C)C)cc1.